The second-order valence-electron chi connectivity index (χ2n) is 5.54. The van der Waals surface area contributed by atoms with Crippen molar-refractivity contribution in [1.82, 2.24) is 9.55 Å². The van der Waals surface area contributed by atoms with Crippen molar-refractivity contribution in [3.63, 3.8) is 0 Å². The van der Waals surface area contributed by atoms with Gasteiger partial charge in [0.15, 0.2) is 5.65 Å². The monoisotopic (exact) mass is 324 g/mol. The van der Waals surface area contributed by atoms with Gasteiger partial charge in [0.25, 0.3) is 0 Å². The SMILES string of the molecule is Cc1ccc2c(Br)c(C)n(C(=O)OC(C)(C)C)c2n1. The van der Waals surface area contributed by atoms with Crippen LogP contribution in [0.25, 0.3) is 11.0 Å². The third-order valence-electron chi connectivity index (χ3n) is 2.69. The summed E-state index contributed by atoms with van der Waals surface area (Å²) in [6, 6.07) is 3.88. The third-order valence-corrected chi connectivity index (χ3v) is 3.69. The standard InChI is InChI=1S/C14H17BrN2O2/c1-8-6-7-10-11(15)9(2)17(12(10)16-8)13(18)19-14(3,4)5/h6-7H,1-5H3. The van der Waals surface area contributed by atoms with Crippen LogP contribution in [0.3, 0.4) is 0 Å². The Hall–Kier alpha value is -1.36. The Morgan fingerprint density at radius 2 is 1.95 bits per heavy atom. The van der Waals surface area contributed by atoms with Gasteiger partial charge in [0.1, 0.15) is 5.60 Å². The van der Waals surface area contributed by atoms with E-state index in [9.17, 15) is 4.79 Å². The van der Waals surface area contributed by atoms with Gasteiger partial charge in [-0.05, 0) is 62.7 Å². The van der Waals surface area contributed by atoms with Gasteiger partial charge in [0.2, 0.25) is 0 Å². The summed E-state index contributed by atoms with van der Waals surface area (Å²) >= 11 is 3.51. The summed E-state index contributed by atoms with van der Waals surface area (Å²) in [5.41, 5.74) is 1.75. The second-order valence-corrected chi connectivity index (χ2v) is 6.33. The van der Waals surface area contributed by atoms with Crippen molar-refractivity contribution in [2.45, 2.75) is 40.2 Å². The van der Waals surface area contributed by atoms with E-state index >= 15 is 0 Å². The van der Waals surface area contributed by atoms with Gasteiger partial charge in [0.05, 0.1) is 0 Å². The number of nitrogens with zero attached hydrogens (tertiary/aromatic N) is 2. The highest BCUT2D eigenvalue weighted by Crippen LogP contribution is 2.30. The van der Waals surface area contributed by atoms with Gasteiger partial charge < -0.3 is 4.74 Å². The van der Waals surface area contributed by atoms with Crippen molar-refractivity contribution in [2.75, 3.05) is 0 Å². The molecular formula is C14H17BrN2O2. The van der Waals surface area contributed by atoms with Gasteiger partial charge in [0, 0.05) is 21.2 Å². The van der Waals surface area contributed by atoms with E-state index in [1.54, 1.807) is 0 Å². The first kappa shape index (κ1) is 14.1. The van der Waals surface area contributed by atoms with Crippen LogP contribution in [-0.2, 0) is 4.74 Å². The summed E-state index contributed by atoms with van der Waals surface area (Å²) in [6.45, 7) is 9.30. The van der Waals surface area contributed by atoms with E-state index in [1.165, 1.54) is 4.57 Å². The van der Waals surface area contributed by atoms with Gasteiger partial charge in [-0.3, -0.25) is 0 Å². The summed E-state index contributed by atoms with van der Waals surface area (Å²) < 4.78 is 7.82. The minimum atomic E-state index is -0.531. The van der Waals surface area contributed by atoms with Gasteiger partial charge in [-0.25, -0.2) is 14.3 Å². The van der Waals surface area contributed by atoms with Gasteiger partial charge in [-0.15, -0.1) is 0 Å². The first-order chi connectivity index (χ1) is 8.70. The number of hydrogen-bond acceptors (Lipinski definition) is 3. The number of carbonyl (C=O) groups is 1. The Morgan fingerprint density at radius 1 is 1.32 bits per heavy atom. The number of fused-ring (bicyclic) bond motifs is 1. The number of carbonyl (C=O) groups excluding carboxylic acids is 1. The number of pyridine rings is 1. The summed E-state index contributed by atoms with van der Waals surface area (Å²) in [5.74, 6) is 0. The predicted octanol–water partition coefficient (Wildman–Crippen LogP) is 4.20. The number of aryl methyl sites for hydroxylation is 1. The van der Waals surface area contributed by atoms with Crippen molar-refractivity contribution >= 4 is 33.1 Å². The molecule has 0 radical (unpaired) electrons. The Balaban J connectivity index is 2.62. The molecular weight excluding hydrogens is 308 g/mol. The van der Waals surface area contributed by atoms with Crippen LogP contribution in [0.2, 0.25) is 0 Å². The maximum Gasteiger partial charge on any atom is 0.420 e. The van der Waals surface area contributed by atoms with Crippen LogP contribution < -0.4 is 0 Å². The highest BCUT2D eigenvalue weighted by Gasteiger charge is 2.23. The van der Waals surface area contributed by atoms with Crippen molar-refractivity contribution in [3.05, 3.63) is 28.0 Å². The molecule has 2 aromatic rings. The molecule has 4 nitrogen and oxygen atoms in total. The maximum atomic E-state index is 12.3. The van der Waals surface area contributed by atoms with Crippen LogP contribution in [0.1, 0.15) is 32.2 Å². The zero-order valence-electron chi connectivity index (χ0n) is 11.7. The van der Waals surface area contributed by atoms with E-state index in [1.807, 2.05) is 46.8 Å². The molecule has 2 rings (SSSR count). The van der Waals surface area contributed by atoms with Crippen LogP contribution in [-0.4, -0.2) is 21.2 Å². The summed E-state index contributed by atoms with van der Waals surface area (Å²) in [6.07, 6.45) is -0.404. The van der Waals surface area contributed by atoms with Crippen LogP contribution >= 0.6 is 15.9 Å². The van der Waals surface area contributed by atoms with Crippen LogP contribution in [0, 0.1) is 13.8 Å². The highest BCUT2D eigenvalue weighted by molar-refractivity contribution is 9.10. The van der Waals surface area contributed by atoms with E-state index in [0.29, 0.717) is 5.65 Å². The molecule has 0 saturated carbocycles. The number of halogens is 1. The molecule has 19 heavy (non-hydrogen) atoms. The highest BCUT2D eigenvalue weighted by atomic mass is 79.9. The van der Waals surface area contributed by atoms with Gasteiger partial charge >= 0.3 is 6.09 Å². The maximum absolute atomic E-state index is 12.3. The normalized spacial score (nSPS) is 11.9. The Morgan fingerprint density at radius 3 is 2.53 bits per heavy atom. The summed E-state index contributed by atoms with van der Waals surface area (Å²) in [4.78, 5) is 16.7. The molecule has 0 N–H and O–H groups in total. The first-order valence-electron chi connectivity index (χ1n) is 6.08. The molecule has 0 atom stereocenters. The molecule has 0 aromatic carbocycles. The summed E-state index contributed by atoms with van der Waals surface area (Å²) in [7, 11) is 0. The minimum Gasteiger partial charge on any atom is -0.443 e. The predicted molar refractivity (Wildman–Crippen MR) is 78.5 cm³/mol. The number of hydrogen-bond donors (Lipinski definition) is 0. The molecule has 2 aromatic heterocycles. The van der Waals surface area contributed by atoms with E-state index in [0.717, 1.165) is 21.2 Å². The fourth-order valence-electron chi connectivity index (χ4n) is 1.87. The largest absolute Gasteiger partial charge is 0.443 e. The molecule has 0 aliphatic heterocycles. The molecule has 0 unspecified atom stereocenters. The molecule has 0 fully saturated rings. The zero-order valence-corrected chi connectivity index (χ0v) is 13.3. The van der Waals surface area contributed by atoms with Crippen LogP contribution in [0.5, 0.6) is 0 Å². The lowest BCUT2D eigenvalue weighted by atomic mass is 10.2. The smallest absolute Gasteiger partial charge is 0.420 e. The molecule has 0 amide bonds. The summed E-state index contributed by atoms with van der Waals surface area (Å²) in [5, 5.41) is 0.911. The minimum absolute atomic E-state index is 0.404. The van der Waals surface area contributed by atoms with E-state index in [4.69, 9.17) is 4.74 Å². The lowest BCUT2D eigenvalue weighted by molar-refractivity contribution is 0.0540. The quantitative estimate of drug-likeness (QED) is 0.729. The Labute approximate surface area is 120 Å². The van der Waals surface area contributed by atoms with Crippen LogP contribution in [0.15, 0.2) is 16.6 Å². The number of rotatable bonds is 0. The van der Waals surface area contributed by atoms with Gasteiger partial charge in [-0.2, -0.15) is 0 Å². The fourth-order valence-corrected chi connectivity index (χ4v) is 2.35. The van der Waals surface area contributed by atoms with E-state index in [2.05, 4.69) is 20.9 Å². The zero-order chi connectivity index (χ0) is 14.4. The first-order valence-corrected chi connectivity index (χ1v) is 6.87. The Bertz CT molecular complexity index is 653. The third kappa shape index (κ3) is 2.66. The van der Waals surface area contributed by atoms with Gasteiger partial charge in [-0.1, -0.05) is 0 Å². The van der Waals surface area contributed by atoms with Crippen LogP contribution in [0.4, 0.5) is 4.79 Å². The number of aromatic nitrogens is 2. The van der Waals surface area contributed by atoms with Crippen molar-refractivity contribution in [1.29, 1.82) is 0 Å². The molecule has 0 aliphatic carbocycles. The van der Waals surface area contributed by atoms with Crippen molar-refractivity contribution in [3.8, 4) is 0 Å². The molecule has 0 bridgehead atoms. The van der Waals surface area contributed by atoms with E-state index in [-0.39, 0.29) is 0 Å². The molecule has 0 spiro atoms. The second kappa shape index (κ2) is 4.63. The molecule has 2 heterocycles. The van der Waals surface area contributed by atoms with E-state index < -0.39 is 11.7 Å². The average Bonchev–Trinajstić information content (AvgIpc) is 2.48. The lowest BCUT2D eigenvalue weighted by Gasteiger charge is -2.20. The molecule has 0 aliphatic rings. The Kier molecular flexibility index (Phi) is 3.43. The van der Waals surface area contributed by atoms with Crippen molar-refractivity contribution < 1.29 is 9.53 Å². The van der Waals surface area contributed by atoms with Crippen molar-refractivity contribution in [2.24, 2.45) is 0 Å². The average molecular weight is 325 g/mol. The lowest BCUT2D eigenvalue weighted by Crippen LogP contribution is -2.27. The molecule has 0 saturated heterocycles. The fraction of sp³-hybridized carbons (Fsp3) is 0.429. The number of ether oxygens (including phenoxy) is 1. The molecule has 5 heteroatoms. The topological polar surface area (TPSA) is 44.1 Å². The molecule has 102 valence electrons.